The molecule has 0 aromatic heterocycles. The van der Waals surface area contributed by atoms with Crippen molar-refractivity contribution in [3.63, 3.8) is 0 Å². The summed E-state index contributed by atoms with van der Waals surface area (Å²) in [5.74, 6) is 1.00. The Labute approximate surface area is 129 Å². The first-order valence-electron chi connectivity index (χ1n) is 8.43. The smallest absolute Gasteiger partial charge is 0.123 e. The van der Waals surface area contributed by atoms with E-state index in [1.165, 1.54) is 44.3 Å². The molecule has 0 amide bonds. The van der Waals surface area contributed by atoms with Crippen molar-refractivity contribution in [2.45, 2.75) is 45.1 Å². The zero-order valence-corrected chi connectivity index (χ0v) is 13.6. The van der Waals surface area contributed by atoms with Gasteiger partial charge in [0.1, 0.15) is 5.75 Å². The van der Waals surface area contributed by atoms with Crippen LogP contribution in [0.5, 0.6) is 5.75 Å². The summed E-state index contributed by atoms with van der Waals surface area (Å²) in [6.45, 7) is 6.83. The van der Waals surface area contributed by atoms with E-state index in [1.807, 2.05) is 6.07 Å². The van der Waals surface area contributed by atoms with Crippen LogP contribution < -0.4 is 10.1 Å². The topological polar surface area (TPSA) is 24.5 Å². The van der Waals surface area contributed by atoms with E-state index in [9.17, 15) is 0 Å². The van der Waals surface area contributed by atoms with Crippen molar-refractivity contribution >= 4 is 0 Å². The van der Waals surface area contributed by atoms with Crippen molar-refractivity contribution in [3.8, 4) is 5.75 Å². The van der Waals surface area contributed by atoms with Crippen LogP contribution in [-0.2, 0) is 0 Å². The van der Waals surface area contributed by atoms with Crippen LogP contribution in [0.2, 0.25) is 0 Å². The van der Waals surface area contributed by atoms with Crippen molar-refractivity contribution in [2.75, 3.05) is 33.3 Å². The Morgan fingerprint density at radius 2 is 1.86 bits per heavy atom. The molecule has 2 rings (SSSR count). The second-order valence-electron chi connectivity index (χ2n) is 5.96. The fraction of sp³-hybridized carbons (Fsp3) is 0.667. The first-order chi connectivity index (χ1) is 10.3. The standard InChI is InChI=1S/C18H30N2O/c1-3-12-19-17(15-20-13-8-4-5-9-14-20)16-10-6-7-11-18(16)21-2/h6-7,10-11,17,19H,3-5,8-9,12-15H2,1-2H3. The number of rotatable bonds is 7. The molecular formula is C18H30N2O. The Morgan fingerprint density at radius 3 is 2.52 bits per heavy atom. The van der Waals surface area contributed by atoms with Gasteiger partial charge in [0.25, 0.3) is 0 Å². The van der Waals surface area contributed by atoms with Crippen LogP contribution in [0.15, 0.2) is 24.3 Å². The fourth-order valence-corrected chi connectivity index (χ4v) is 3.12. The molecule has 0 saturated carbocycles. The summed E-state index contributed by atoms with van der Waals surface area (Å²) < 4.78 is 5.56. The second-order valence-corrected chi connectivity index (χ2v) is 5.96. The van der Waals surface area contributed by atoms with Crippen molar-refractivity contribution in [3.05, 3.63) is 29.8 Å². The molecule has 3 nitrogen and oxygen atoms in total. The number of benzene rings is 1. The zero-order chi connectivity index (χ0) is 14.9. The van der Waals surface area contributed by atoms with Gasteiger partial charge in [-0.25, -0.2) is 0 Å². The molecule has 3 heteroatoms. The molecule has 1 atom stereocenters. The molecule has 1 saturated heterocycles. The van der Waals surface area contributed by atoms with Gasteiger partial charge in [-0.05, 0) is 45.0 Å². The predicted molar refractivity (Wildman–Crippen MR) is 88.9 cm³/mol. The maximum atomic E-state index is 5.56. The summed E-state index contributed by atoms with van der Waals surface area (Å²) >= 11 is 0. The third-order valence-corrected chi connectivity index (χ3v) is 4.29. The van der Waals surface area contributed by atoms with E-state index in [-0.39, 0.29) is 0 Å². The second kappa shape index (κ2) is 9.06. The van der Waals surface area contributed by atoms with Crippen molar-refractivity contribution in [1.82, 2.24) is 10.2 Å². The molecule has 21 heavy (non-hydrogen) atoms. The average molecular weight is 290 g/mol. The lowest BCUT2D eigenvalue weighted by molar-refractivity contribution is 0.248. The highest BCUT2D eigenvalue weighted by Crippen LogP contribution is 2.26. The molecule has 0 spiro atoms. The number of likely N-dealkylation sites (tertiary alicyclic amines) is 1. The van der Waals surface area contributed by atoms with E-state index >= 15 is 0 Å². The molecule has 0 bridgehead atoms. The number of nitrogens with one attached hydrogen (secondary N) is 1. The van der Waals surface area contributed by atoms with Gasteiger partial charge in [0.05, 0.1) is 7.11 Å². The van der Waals surface area contributed by atoms with Gasteiger partial charge in [-0.1, -0.05) is 38.0 Å². The molecule has 1 aliphatic heterocycles. The third kappa shape index (κ3) is 5.01. The Hall–Kier alpha value is -1.06. The van der Waals surface area contributed by atoms with Gasteiger partial charge in [0.2, 0.25) is 0 Å². The minimum Gasteiger partial charge on any atom is -0.496 e. The first-order valence-corrected chi connectivity index (χ1v) is 8.43. The number of nitrogens with zero attached hydrogens (tertiary/aromatic N) is 1. The average Bonchev–Trinajstić information content (AvgIpc) is 2.80. The molecule has 0 aliphatic carbocycles. The summed E-state index contributed by atoms with van der Waals surface area (Å²) in [6.07, 6.45) is 6.61. The minimum absolute atomic E-state index is 0.360. The summed E-state index contributed by atoms with van der Waals surface area (Å²) in [5.41, 5.74) is 1.29. The number of para-hydroxylation sites is 1. The highest BCUT2D eigenvalue weighted by atomic mass is 16.5. The summed E-state index contributed by atoms with van der Waals surface area (Å²) in [4.78, 5) is 2.62. The van der Waals surface area contributed by atoms with Crippen molar-refractivity contribution in [1.29, 1.82) is 0 Å². The maximum Gasteiger partial charge on any atom is 0.123 e. The predicted octanol–water partition coefficient (Wildman–Crippen LogP) is 3.61. The fourth-order valence-electron chi connectivity index (χ4n) is 3.12. The van der Waals surface area contributed by atoms with E-state index in [4.69, 9.17) is 4.74 Å². The lowest BCUT2D eigenvalue weighted by atomic mass is 10.0. The highest BCUT2D eigenvalue weighted by molar-refractivity contribution is 5.36. The van der Waals surface area contributed by atoms with Crippen molar-refractivity contribution in [2.24, 2.45) is 0 Å². The number of hydrogen-bond acceptors (Lipinski definition) is 3. The van der Waals surface area contributed by atoms with Gasteiger partial charge >= 0.3 is 0 Å². The molecule has 1 N–H and O–H groups in total. The quantitative estimate of drug-likeness (QED) is 0.830. The molecule has 0 radical (unpaired) electrons. The summed E-state index contributed by atoms with van der Waals surface area (Å²) in [7, 11) is 1.77. The zero-order valence-electron chi connectivity index (χ0n) is 13.6. The Kier molecular flexibility index (Phi) is 7.04. The molecule has 118 valence electrons. The summed E-state index contributed by atoms with van der Waals surface area (Å²) in [5, 5.41) is 3.71. The molecule has 1 aliphatic rings. The minimum atomic E-state index is 0.360. The normalized spacial score (nSPS) is 18.2. The van der Waals surface area contributed by atoms with Crippen LogP contribution in [0.25, 0.3) is 0 Å². The van der Waals surface area contributed by atoms with E-state index < -0.39 is 0 Å². The largest absolute Gasteiger partial charge is 0.496 e. The lowest BCUT2D eigenvalue weighted by Crippen LogP contribution is -2.36. The lowest BCUT2D eigenvalue weighted by Gasteiger charge is -2.28. The SMILES string of the molecule is CCCNC(CN1CCCCCC1)c1ccccc1OC. The van der Waals surface area contributed by atoms with Crippen LogP contribution in [0.1, 0.15) is 50.6 Å². The van der Waals surface area contributed by atoms with Gasteiger partial charge in [-0.3, -0.25) is 0 Å². The van der Waals surface area contributed by atoms with Gasteiger partial charge in [0, 0.05) is 18.2 Å². The molecule has 1 aromatic carbocycles. The van der Waals surface area contributed by atoms with E-state index in [0.29, 0.717) is 6.04 Å². The number of ether oxygens (including phenoxy) is 1. The van der Waals surface area contributed by atoms with Crippen LogP contribution in [0.4, 0.5) is 0 Å². The molecule has 1 fully saturated rings. The maximum absolute atomic E-state index is 5.56. The third-order valence-electron chi connectivity index (χ3n) is 4.29. The number of methoxy groups -OCH3 is 1. The summed E-state index contributed by atoms with van der Waals surface area (Å²) in [6, 6.07) is 8.79. The van der Waals surface area contributed by atoms with Crippen molar-refractivity contribution < 1.29 is 4.74 Å². The Morgan fingerprint density at radius 1 is 1.14 bits per heavy atom. The Balaban J connectivity index is 2.09. The van der Waals surface area contributed by atoms with E-state index in [0.717, 1.165) is 25.3 Å². The highest BCUT2D eigenvalue weighted by Gasteiger charge is 2.19. The van der Waals surface area contributed by atoms with Gasteiger partial charge < -0.3 is 15.0 Å². The van der Waals surface area contributed by atoms with Crippen LogP contribution in [-0.4, -0.2) is 38.2 Å². The van der Waals surface area contributed by atoms with Crippen LogP contribution >= 0.6 is 0 Å². The van der Waals surface area contributed by atoms with Crippen LogP contribution in [0.3, 0.4) is 0 Å². The van der Waals surface area contributed by atoms with Gasteiger partial charge in [-0.2, -0.15) is 0 Å². The van der Waals surface area contributed by atoms with Gasteiger partial charge in [-0.15, -0.1) is 0 Å². The molecule has 1 heterocycles. The van der Waals surface area contributed by atoms with Crippen LogP contribution in [0, 0.1) is 0 Å². The first kappa shape index (κ1) is 16.3. The van der Waals surface area contributed by atoms with E-state index in [2.05, 4.69) is 35.3 Å². The van der Waals surface area contributed by atoms with Gasteiger partial charge in [0.15, 0.2) is 0 Å². The molecule has 1 unspecified atom stereocenters. The number of hydrogen-bond donors (Lipinski definition) is 1. The monoisotopic (exact) mass is 290 g/mol. The molecular weight excluding hydrogens is 260 g/mol. The van der Waals surface area contributed by atoms with E-state index in [1.54, 1.807) is 7.11 Å². The Bertz CT molecular complexity index is 400. The molecule has 1 aromatic rings.